The van der Waals surface area contributed by atoms with Crippen LogP contribution >= 0.6 is 0 Å². The lowest BCUT2D eigenvalue weighted by Gasteiger charge is -2.06. The third-order valence-electron chi connectivity index (χ3n) is 3.15. The van der Waals surface area contributed by atoms with Gasteiger partial charge in [-0.3, -0.25) is 15.1 Å². The molecule has 5 heteroatoms. The molecule has 1 heterocycles. The van der Waals surface area contributed by atoms with Gasteiger partial charge >= 0.3 is 0 Å². The van der Waals surface area contributed by atoms with Gasteiger partial charge < -0.3 is 5.32 Å². The number of nitro benzene ring substituents is 1. The minimum Gasteiger partial charge on any atom is -0.311 e. The Hall–Kier alpha value is -2.27. The molecule has 1 aromatic carbocycles. The Labute approximate surface area is 117 Å². The summed E-state index contributed by atoms with van der Waals surface area (Å²) >= 11 is 0. The molecule has 20 heavy (non-hydrogen) atoms. The summed E-state index contributed by atoms with van der Waals surface area (Å²) in [5.74, 6) is 0. The van der Waals surface area contributed by atoms with Crippen LogP contribution in [0.3, 0.4) is 0 Å². The normalized spacial score (nSPS) is 10.4. The molecule has 0 spiro atoms. The van der Waals surface area contributed by atoms with Crippen molar-refractivity contribution in [2.75, 3.05) is 6.54 Å². The average Bonchev–Trinajstić information content (AvgIpc) is 2.46. The molecule has 5 nitrogen and oxygen atoms in total. The monoisotopic (exact) mass is 271 g/mol. The minimum atomic E-state index is -0.383. The number of non-ortho nitro benzene ring substituents is 1. The SMILES string of the molecule is Cc1cccnc1CNCCc1ccc([N+](=O)[O-])cc1. The van der Waals surface area contributed by atoms with Gasteiger partial charge in [-0.2, -0.15) is 0 Å². The molecule has 0 unspecified atom stereocenters. The van der Waals surface area contributed by atoms with Crippen molar-refractivity contribution in [3.8, 4) is 0 Å². The highest BCUT2D eigenvalue weighted by atomic mass is 16.6. The van der Waals surface area contributed by atoms with Crippen molar-refractivity contribution in [1.29, 1.82) is 0 Å². The van der Waals surface area contributed by atoms with Crippen LogP contribution < -0.4 is 5.32 Å². The summed E-state index contributed by atoms with van der Waals surface area (Å²) in [5, 5.41) is 13.9. The molecule has 0 aliphatic rings. The van der Waals surface area contributed by atoms with Crippen LogP contribution in [0.2, 0.25) is 0 Å². The van der Waals surface area contributed by atoms with Gasteiger partial charge in [0.15, 0.2) is 0 Å². The molecule has 0 fully saturated rings. The highest BCUT2D eigenvalue weighted by molar-refractivity contribution is 5.32. The topological polar surface area (TPSA) is 68.1 Å². The molecular formula is C15H17N3O2. The standard InChI is InChI=1S/C15H17N3O2/c1-12-3-2-9-17-15(12)11-16-10-8-13-4-6-14(7-5-13)18(19)20/h2-7,9,16H,8,10-11H2,1H3. The summed E-state index contributed by atoms with van der Waals surface area (Å²) in [6.45, 7) is 3.59. The molecule has 2 aromatic rings. The smallest absolute Gasteiger partial charge is 0.269 e. The fraction of sp³-hybridized carbons (Fsp3) is 0.267. The van der Waals surface area contributed by atoms with E-state index in [1.54, 1.807) is 18.3 Å². The number of pyridine rings is 1. The fourth-order valence-corrected chi connectivity index (χ4v) is 1.93. The maximum atomic E-state index is 10.5. The summed E-state index contributed by atoms with van der Waals surface area (Å²) in [4.78, 5) is 14.5. The summed E-state index contributed by atoms with van der Waals surface area (Å²) in [7, 11) is 0. The maximum Gasteiger partial charge on any atom is 0.269 e. The van der Waals surface area contributed by atoms with Crippen LogP contribution in [0.25, 0.3) is 0 Å². The number of aryl methyl sites for hydroxylation is 1. The number of nitro groups is 1. The van der Waals surface area contributed by atoms with Gasteiger partial charge in [0, 0.05) is 24.9 Å². The first-order chi connectivity index (χ1) is 9.66. The average molecular weight is 271 g/mol. The lowest BCUT2D eigenvalue weighted by molar-refractivity contribution is -0.384. The number of nitrogens with zero attached hydrogens (tertiary/aromatic N) is 2. The van der Waals surface area contributed by atoms with Gasteiger partial charge in [-0.05, 0) is 37.1 Å². The van der Waals surface area contributed by atoms with Crippen LogP contribution in [-0.4, -0.2) is 16.5 Å². The van der Waals surface area contributed by atoms with Crippen molar-refractivity contribution in [2.24, 2.45) is 0 Å². The molecule has 0 saturated heterocycles. The molecule has 0 aliphatic heterocycles. The first-order valence-corrected chi connectivity index (χ1v) is 6.51. The van der Waals surface area contributed by atoms with Gasteiger partial charge in [0.25, 0.3) is 5.69 Å². The molecule has 104 valence electrons. The van der Waals surface area contributed by atoms with E-state index >= 15 is 0 Å². The predicted molar refractivity (Wildman–Crippen MR) is 77.5 cm³/mol. The molecular weight excluding hydrogens is 254 g/mol. The van der Waals surface area contributed by atoms with Gasteiger partial charge in [-0.1, -0.05) is 18.2 Å². The lowest BCUT2D eigenvalue weighted by atomic mass is 10.1. The largest absolute Gasteiger partial charge is 0.311 e. The highest BCUT2D eigenvalue weighted by Crippen LogP contribution is 2.12. The van der Waals surface area contributed by atoms with Crippen LogP contribution in [0.5, 0.6) is 0 Å². The van der Waals surface area contributed by atoms with Crippen LogP contribution in [-0.2, 0) is 13.0 Å². The van der Waals surface area contributed by atoms with Crippen LogP contribution in [0.1, 0.15) is 16.8 Å². The maximum absolute atomic E-state index is 10.5. The Morgan fingerprint density at radius 3 is 2.65 bits per heavy atom. The number of aromatic nitrogens is 1. The molecule has 0 atom stereocenters. The van der Waals surface area contributed by atoms with Gasteiger partial charge in [-0.15, -0.1) is 0 Å². The zero-order chi connectivity index (χ0) is 14.4. The molecule has 0 amide bonds. The van der Waals surface area contributed by atoms with E-state index in [9.17, 15) is 10.1 Å². The van der Waals surface area contributed by atoms with Crippen molar-refractivity contribution >= 4 is 5.69 Å². The zero-order valence-electron chi connectivity index (χ0n) is 11.4. The third kappa shape index (κ3) is 3.86. The fourth-order valence-electron chi connectivity index (χ4n) is 1.93. The van der Waals surface area contributed by atoms with E-state index in [1.807, 2.05) is 19.1 Å². The van der Waals surface area contributed by atoms with Crippen LogP contribution in [0, 0.1) is 17.0 Å². The second-order valence-electron chi connectivity index (χ2n) is 4.62. The van der Waals surface area contributed by atoms with E-state index in [-0.39, 0.29) is 10.6 Å². The molecule has 0 aliphatic carbocycles. The molecule has 0 bridgehead atoms. The zero-order valence-corrected chi connectivity index (χ0v) is 11.4. The Morgan fingerprint density at radius 2 is 2.00 bits per heavy atom. The highest BCUT2D eigenvalue weighted by Gasteiger charge is 2.03. The number of rotatable bonds is 6. The number of hydrogen-bond acceptors (Lipinski definition) is 4. The van der Waals surface area contributed by atoms with Crippen molar-refractivity contribution in [3.63, 3.8) is 0 Å². The molecule has 2 rings (SSSR count). The van der Waals surface area contributed by atoms with Gasteiger partial charge in [0.05, 0.1) is 10.6 Å². The Bertz CT molecular complexity index is 582. The van der Waals surface area contributed by atoms with Gasteiger partial charge in [0.1, 0.15) is 0 Å². The van der Waals surface area contributed by atoms with Gasteiger partial charge in [-0.25, -0.2) is 0 Å². The predicted octanol–water partition coefficient (Wildman–Crippen LogP) is 2.63. The summed E-state index contributed by atoms with van der Waals surface area (Å²) in [6.07, 6.45) is 2.63. The van der Waals surface area contributed by atoms with E-state index in [2.05, 4.69) is 10.3 Å². The van der Waals surface area contributed by atoms with E-state index < -0.39 is 0 Å². The first kappa shape index (κ1) is 14.1. The van der Waals surface area contributed by atoms with Crippen molar-refractivity contribution in [2.45, 2.75) is 19.9 Å². The van der Waals surface area contributed by atoms with Crippen LogP contribution in [0.4, 0.5) is 5.69 Å². The van der Waals surface area contributed by atoms with Crippen LogP contribution in [0.15, 0.2) is 42.6 Å². The summed E-state index contributed by atoms with van der Waals surface area (Å²) in [6, 6.07) is 10.6. The van der Waals surface area contributed by atoms with E-state index in [4.69, 9.17) is 0 Å². The number of nitrogens with one attached hydrogen (secondary N) is 1. The van der Waals surface area contributed by atoms with E-state index in [0.717, 1.165) is 30.8 Å². The van der Waals surface area contributed by atoms with Crippen molar-refractivity contribution in [3.05, 3.63) is 69.5 Å². The Balaban J connectivity index is 1.79. The number of hydrogen-bond donors (Lipinski definition) is 1. The number of benzene rings is 1. The third-order valence-corrected chi connectivity index (χ3v) is 3.15. The lowest BCUT2D eigenvalue weighted by Crippen LogP contribution is -2.18. The first-order valence-electron chi connectivity index (χ1n) is 6.51. The Kier molecular flexibility index (Phi) is 4.79. The second-order valence-corrected chi connectivity index (χ2v) is 4.62. The quantitative estimate of drug-likeness (QED) is 0.498. The molecule has 1 N–H and O–H groups in total. The molecule has 1 aromatic heterocycles. The summed E-state index contributed by atoms with van der Waals surface area (Å²) in [5.41, 5.74) is 3.44. The van der Waals surface area contributed by atoms with E-state index in [0.29, 0.717) is 0 Å². The van der Waals surface area contributed by atoms with Crippen molar-refractivity contribution in [1.82, 2.24) is 10.3 Å². The Morgan fingerprint density at radius 1 is 1.25 bits per heavy atom. The summed E-state index contributed by atoms with van der Waals surface area (Å²) < 4.78 is 0. The second kappa shape index (κ2) is 6.77. The van der Waals surface area contributed by atoms with Gasteiger partial charge in [0.2, 0.25) is 0 Å². The molecule has 0 radical (unpaired) electrons. The minimum absolute atomic E-state index is 0.130. The van der Waals surface area contributed by atoms with E-state index in [1.165, 1.54) is 17.7 Å². The molecule has 0 saturated carbocycles. The van der Waals surface area contributed by atoms with Crippen molar-refractivity contribution < 1.29 is 4.92 Å².